The molecule has 14 heavy (non-hydrogen) atoms. The Kier molecular flexibility index (Phi) is 5.25. The van der Waals surface area contributed by atoms with E-state index in [1.165, 1.54) is 44.9 Å². The molecule has 0 atom stereocenters. The molecule has 1 nitrogen and oxygen atoms in total. The first-order valence-electron chi connectivity index (χ1n) is 6.10. The number of alkyl halides is 1. The third-order valence-electron chi connectivity index (χ3n) is 3.56. The highest BCUT2D eigenvalue weighted by Crippen LogP contribution is 2.30. The highest BCUT2D eigenvalue weighted by Gasteiger charge is 2.32. The van der Waals surface area contributed by atoms with E-state index >= 15 is 0 Å². The Hall–Kier alpha value is 0.250. The van der Waals surface area contributed by atoms with Gasteiger partial charge in [0.2, 0.25) is 0 Å². The first-order valence-corrected chi connectivity index (χ1v) is 6.63. The quantitative estimate of drug-likeness (QED) is 0.693. The average Bonchev–Trinajstić information content (AvgIpc) is 2.27. The van der Waals surface area contributed by atoms with Crippen LogP contribution in [0.3, 0.4) is 0 Å². The summed E-state index contributed by atoms with van der Waals surface area (Å²) in [7, 11) is 0. The molecule has 0 unspecified atom stereocenters. The predicted octanol–water partition coefficient (Wildman–Crippen LogP) is 3.71. The van der Waals surface area contributed by atoms with Crippen LogP contribution in [0, 0.1) is 0 Å². The van der Waals surface area contributed by atoms with Gasteiger partial charge in [0.15, 0.2) is 0 Å². The van der Waals surface area contributed by atoms with E-state index in [4.69, 9.17) is 11.6 Å². The van der Waals surface area contributed by atoms with Gasteiger partial charge in [-0.2, -0.15) is 0 Å². The Balaban J connectivity index is 2.50. The molecule has 0 heterocycles. The lowest BCUT2D eigenvalue weighted by molar-refractivity contribution is 0.226. The van der Waals surface area contributed by atoms with Crippen LogP contribution in [0.15, 0.2) is 0 Å². The van der Waals surface area contributed by atoms with Gasteiger partial charge in [0, 0.05) is 17.5 Å². The summed E-state index contributed by atoms with van der Waals surface area (Å²) >= 11 is 6.13. The largest absolute Gasteiger partial charge is 0.307 e. The van der Waals surface area contributed by atoms with E-state index in [2.05, 4.69) is 19.2 Å². The maximum atomic E-state index is 6.13. The second kappa shape index (κ2) is 5.97. The third-order valence-corrected chi connectivity index (χ3v) is 4.07. The highest BCUT2D eigenvalue weighted by atomic mass is 35.5. The Morgan fingerprint density at radius 2 is 1.71 bits per heavy atom. The summed E-state index contributed by atoms with van der Waals surface area (Å²) < 4.78 is 0. The van der Waals surface area contributed by atoms with Crippen LogP contribution in [0.5, 0.6) is 0 Å². The molecule has 0 radical (unpaired) electrons. The monoisotopic (exact) mass is 217 g/mol. The van der Waals surface area contributed by atoms with Crippen molar-refractivity contribution in [3.8, 4) is 0 Å². The van der Waals surface area contributed by atoms with Gasteiger partial charge >= 0.3 is 0 Å². The van der Waals surface area contributed by atoms with E-state index in [-0.39, 0.29) is 5.54 Å². The molecule has 1 N–H and O–H groups in total. The Labute approximate surface area is 93.6 Å². The minimum Gasteiger partial charge on any atom is -0.307 e. The fourth-order valence-corrected chi connectivity index (χ4v) is 2.82. The van der Waals surface area contributed by atoms with Crippen LogP contribution in [0.25, 0.3) is 0 Å². The molecule has 0 bridgehead atoms. The molecule has 0 aliphatic heterocycles. The minimum atomic E-state index is 0.260. The van der Waals surface area contributed by atoms with Crippen molar-refractivity contribution in [2.75, 3.05) is 5.88 Å². The molecule has 1 saturated carbocycles. The Bertz CT molecular complexity index is 148. The number of nitrogens with one attached hydrogen (secondary N) is 1. The van der Waals surface area contributed by atoms with Crippen molar-refractivity contribution in [2.45, 2.75) is 70.4 Å². The van der Waals surface area contributed by atoms with Crippen molar-refractivity contribution in [2.24, 2.45) is 0 Å². The number of hydrogen-bond donors (Lipinski definition) is 1. The van der Waals surface area contributed by atoms with Crippen molar-refractivity contribution in [3.05, 3.63) is 0 Å². The average molecular weight is 218 g/mol. The molecule has 2 heteroatoms. The van der Waals surface area contributed by atoms with Crippen molar-refractivity contribution in [3.63, 3.8) is 0 Å². The van der Waals surface area contributed by atoms with E-state index in [0.717, 1.165) is 5.88 Å². The van der Waals surface area contributed by atoms with Crippen LogP contribution >= 0.6 is 11.6 Å². The van der Waals surface area contributed by atoms with E-state index in [0.29, 0.717) is 6.04 Å². The summed E-state index contributed by atoms with van der Waals surface area (Å²) in [6.07, 6.45) is 9.06. The normalized spacial score (nSPS) is 21.4. The van der Waals surface area contributed by atoms with E-state index < -0.39 is 0 Å². The summed E-state index contributed by atoms with van der Waals surface area (Å²) in [4.78, 5) is 0. The zero-order valence-corrected chi connectivity index (χ0v) is 10.4. The Morgan fingerprint density at radius 1 is 1.14 bits per heavy atom. The SMILES string of the molecule is CCC(CC)NC1(CCl)CCCCC1. The van der Waals surface area contributed by atoms with Gasteiger partial charge in [0.05, 0.1) is 0 Å². The van der Waals surface area contributed by atoms with Crippen LogP contribution in [0.1, 0.15) is 58.8 Å². The summed E-state index contributed by atoms with van der Waals surface area (Å²) in [5, 5.41) is 3.79. The highest BCUT2D eigenvalue weighted by molar-refractivity contribution is 6.18. The van der Waals surface area contributed by atoms with Crippen LogP contribution < -0.4 is 5.32 Å². The molecule has 0 aromatic heterocycles. The molecule has 0 spiro atoms. The lowest BCUT2D eigenvalue weighted by Gasteiger charge is -2.39. The zero-order valence-electron chi connectivity index (χ0n) is 9.61. The van der Waals surface area contributed by atoms with Crippen LogP contribution in [0.4, 0.5) is 0 Å². The summed E-state index contributed by atoms with van der Waals surface area (Å²) in [6, 6.07) is 0.659. The van der Waals surface area contributed by atoms with Crippen LogP contribution in [-0.2, 0) is 0 Å². The minimum absolute atomic E-state index is 0.260. The van der Waals surface area contributed by atoms with Crippen molar-refractivity contribution in [1.82, 2.24) is 5.32 Å². The second-order valence-corrected chi connectivity index (χ2v) is 4.90. The van der Waals surface area contributed by atoms with Crippen LogP contribution in [0.2, 0.25) is 0 Å². The first kappa shape index (κ1) is 12.3. The molecule has 1 fully saturated rings. The number of halogens is 1. The van der Waals surface area contributed by atoms with Gasteiger partial charge < -0.3 is 5.32 Å². The van der Waals surface area contributed by atoms with Gasteiger partial charge in [-0.05, 0) is 25.7 Å². The van der Waals surface area contributed by atoms with Gasteiger partial charge in [0.25, 0.3) is 0 Å². The molecular formula is C12H24ClN. The number of rotatable bonds is 5. The third kappa shape index (κ3) is 3.13. The fraction of sp³-hybridized carbons (Fsp3) is 1.00. The summed E-state index contributed by atoms with van der Waals surface area (Å²) in [6.45, 7) is 4.51. The molecule has 0 aromatic carbocycles. The first-order chi connectivity index (χ1) is 6.76. The zero-order chi connectivity index (χ0) is 10.4. The second-order valence-electron chi connectivity index (χ2n) is 4.63. The Morgan fingerprint density at radius 3 is 2.14 bits per heavy atom. The van der Waals surface area contributed by atoms with Gasteiger partial charge in [-0.15, -0.1) is 11.6 Å². The lowest BCUT2D eigenvalue weighted by atomic mass is 9.82. The van der Waals surface area contributed by atoms with E-state index in [1.54, 1.807) is 0 Å². The van der Waals surface area contributed by atoms with Gasteiger partial charge in [0.1, 0.15) is 0 Å². The molecule has 84 valence electrons. The summed E-state index contributed by atoms with van der Waals surface area (Å²) in [5.41, 5.74) is 0.260. The molecule has 1 aliphatic carbocycles. The molecule has 1 rings (SSSR count). The maximum Gasteiger partial charge on any atom is 0.0406 e. The van der Waals surface area contributed by atoms with E-state index in [9.17, 15) is 0 Å². The molecule has 1 aliphatic rings. The maximum absolute atomic E-state index is 6.13. The van der Waals surface area contributed by atoms with Gasteiger partial charge in [-0.1, -0.05) is 33.1 Å². The van der Waals surface area contributed by atoms with Gasteiger partial charge in [-0.25, -0.2) is 0 Å². The smallest absolute Gasteiger partial charge is 0.0406 e. The van der Waals surface area contributed by atoms with Gasteiger partial charge in [-0.3, -0.25) is 0 Å². The van der Waals surface area contributed by atoms with Crippen molar-refractivity contribution >= 4 is 11.6 Å². The van der Waals surface area contributed by atoms with Crippen LogP contribution in [-0.4, -0.2) is 17.5 Å². The topological polar surface area (TPSA) is 12.0 Å². The number of hydrogen-bond acceptors (Lipinski definition) is 1. The molecule has 0 saturated heterocycles. The van der Waals surface area contributed by atoms with Crippen molar-refractivity contribution in [1.29, 1.82) is 0 Å². The van der Waals surface area contributed by atoms with E-state index in [1.807, 2.05) is 0 Å². The van der Waals surface area contributed by atoms with Crippen molar-refractivity contribution < 1.29 is 0 Å². The summed E-state index contributed by atoms with van der Waals surface area (Å²) in [5.74, 6) is 0.781. The molecule has 0 amide bonds. The fourth-order valence-electron chi connectivity index (χ4n) is 2.47. The molecular weight excluding hydrogens is 194 g/mol. The predicted molar refractivity (Wildman–Crippen MR) is 64.0 cm³/mol. The molecule has 0 aromatic rings. The standard InChI is InChI=1S/C12H24ClN/c1-3-11(4-2)14-12(10-13)8-6-5-7-9-12/h11,14H,3-10H2,1-2H3. The lowest BCUT2D eigenvalue weighted by Crippen LogP contribution is -2.52.